The molecule has 1 aliphatic carbocycles. The van der Waals surface area contributed by atoms with Gasteiger partial charge in [-0.05, 0) is 33.6 Å². The fraction of sp³-hybridized carbons (Fsp3) is 0.917. The summed E-state index contributed by atoms with van der Waals surface area (Å²) >= 11 is 0. The fourth-order valence-electron chi connectivity index (χ4n) is 2.81. The quantitative estimate of drug-likeness (QED) is 0.665. The van der Waals surface area contributed by atoms with Crippen molar-refractivity contribution in [2.24, 2.45) is 5.92 Å². The molecule has 86 valence electrons. The van der Waals surface area contributed by atoms with Crippen LogP contribution in [-0.4, -0.2) is 29.2 Å². The van der Waals surface area contributed by atoms with Crippen LogP contribution < -0.4 is 0 Å². The maximum absolute atomic E-state index is 12.3. The molecular formula is C12H21NO2. The Morgan fingerprint density at radius 1 is 1.33 bits per heavy atom. The molecule has 0 spiro atoms. The highest BCUT2D eigenvalue weighted by Crippen LogP contribution is 2.33. The van der Waals surface area contributed by atoms with Crippen LogP contribution in [0.4, 0.5) is 0 Å². The topological polar surface area (TPSA) is 29.5 Å². The van der Waals surface area contributed by atoms with Gasteiger partial charge < -0.3 is 9.64 Å². The molecule has 0 radical (unpaired) electrons. The summed E-state index contributed by atoms with van der Waals surface area (Å²) in [5.74, 6) is 0.566. The van der Waals surface area contributed by atoms with E-state index in [0.29, 0.717) is 12.5 Å². The number of rotatable bonds is 1. The lowest BCUT2D eigenvalue weighted by Crippen LogP contribution is -2.49. The van der Waals surface area contributed by atoms with Crippen molar-refractivity contribution in [2.75, 3.05) is 6.61 Å². The molecule has 3 nitrogen and oxygen atoms in total. The summed E-state index contributed by atoms with van der Waals surface area (Å²) in [6.07, 6.45) is 4.50. The average Bonchev–Trinajstić information content (AvgIpc) is 2.74. The lowest BCUT2D eigenvalue weighted by molar-refractivity contribution is -0.143. The van der Waals surface area contributed by atoms with E-state index in [2.05, 4.69) is 13.8 Å². The Hall–Kier alpha value is -0.570. The lowest BCUT2D eigenvalue weighted by Gasteiger charge is -2.34. The summed E-state index contributed by atoms with van der Waals surface area (Å²) in [7, 11) is 0. The van der Waals surface area contributed by atoms with E-state index in [-0.39, 0.29) is 17.7 Å². The molecule has 3 heteroatoms. The summed E-state index contributed by atoms with van der Waals surface area (Å²) < 4.78 is 5.57. The molecule has 2 rings (SSSR count). The molecule has 15 heavy (non-hydrogen) atoms. The molecule has 1 amide bonds. The first kappa shape index (κ1) is 10.9. The molecule has 1 saturated heterocycles. The van der Waals surface area contributed by atoms with E-state index in [1.807, 2.05) is 11.8 Å². The van der Waals surface area contributed by atoms with Crippen molar-refractivity contribution in [3.05, 3.63) is 0 Å². The van der Waals surface area contributed by atoms with Gasteiger partial charge in [-0.1, -0.05) is 12.8 Å². The van der Waals surface area contributed by atoms with E-state index in [9.17, 15) is 4.79 Å². The van der Waals surface area contributed by atoms with Crippen molar-refractivity contribution >= 4 is 5.91 Å². The standard InChI is InChI=1S/C12H21NO2/c1-9-13(12(2,3)8-15-9)11(14)10-6-4-5-7-10/h9-10H,4-8H2,1-3H3. The zero-order chi connectivity index (χ0) is 11.1. The van der Waals surface area contributed by atoms with Crippen molar-refractivity contribution in [1.29, 1.82) is 0 Å². The zero-order valence-electron chi connectivity index (χ0n) is 9.95. The predicted molar refractivity (Wildman–Crippen MR) is 58.3 cm³/mol. The molecule has 1 aliphatic heterocycles. The van der Waals surface area contributed by atoms with Crippen LogP contribution in [0.1, 0.15) is 46.5 Å². The summed E-state index contributed by atoms with van der Waals surface area (Å²) in [6.45, 7) is 6.81. The monoisotopic (exact) mass is 211 g/mol. The van der Waals surface area contributed by atoms with Gasteiger partial charge in [0.1, 0.15) is 6.23 Å². The smallest absolute Gasteiger partial charge is 0.228 e. The second-order valence-corrected chi connectivity index (χ2v) is 5.41. The number of carbonyl (C=O) groups is 1. The normalized spacial score (nSPS) is 31.1. The van der Waals surface area contributed by atoms with Crippen molar-refractivity contribution in [2.45, 2.75) is 58.2 Å². The second-order valence-electron chi connectivity index (χ2n) is 5.41. The minimum atomic E-state index is -0.126. The third kappa shape index (κ3) is 1.89. The van der Waals surface area contributed by atoms with Crippen LogP contribution in [0.2, 0.25) is 0 Å². The number of nitrogens with zero attached hydrogens (tertiary/aromatic N) is 1. The molecule has 0 aromatic rings. The van der Waals surface area contributed by atoms with E-state index in [4.69, 9.17) is 4.74 Å². The van der Waals surface area contributed by atoms with Crippen LogP contribution in [-0.2, 0) is 9.53 Å². The van der Waals surface area contributed by atoms with Gasteiger partial charge in [-0.2, -0.15) is 0 Å². The van der Waals surface area contributed by atoms with Crippen LogP contribution in [0, 0.1) is 5.92 Å². The van der Waals surface area contributed by atoms with Gasteiger partial charge in [-0.15, -0.1) is 0 Å². The van der Waals surface area contributed by atoms with Crippen molar-refractivity contribution in [3.63, 3.8) is 0 Å². The van der Waals surface area contributed by atoms with Crippen molar-refractivity contribution in [1.82, 2.24) is 4.90 Å². The predicted octanol–water partition coefficient (Wildman–Crippen LogP) is 2.16. The summed E-state index contributed by atoms with van der Waals surface area (Å²) in [4.78, 5) is 14.3. The Balaban J connectivity index is 2.10. The van der Waals surface area contributed by atoms with Gasteiger partial charge in [0.2, 0.25) is 5.91 Å². The zero-order valence-corrected chi connectivity index (χ0v) is 9.95. The lowest BCUT2D eigenvalue weighted by atomic mass is 10.0. The second kappa shape index (κ2) is 3.78. The minimum Gasteiger partial charge on any atom is -0.356 e. The van der Waals surface area contributed by atoms with Crippen LogP contribution in [0.5, 0.6) is 0 Å². The first-order chi connectivity index (χ1) is 7.02. The van der Waals surface area contributed by atoms with Gasteiger partial charge >= 0.3 is 0 Å². The highest BCUT2D eigenvalue weighted by molar-refractivity contribution is 5.80. The largest absolute Gasteiger partial charge is 0.356 e. The van der Waals surface area contributed by atoms with E-state index in [0.717, 1.165) is 12.8 Å². The van der Waals surface area contributed by atoms with Crippen molar-refractivity contribution < 1.29 is 9.53 Å². The molecule has 1 atom stereocenters. The highest BCUT2D eigenvalue weighted by Gasteiger charge is 2.43. The third-order valence-corrected chi connectivity index (χ3v) is 3.64. The van der Waals surface area contributed by atoms with Gasteiger partial charge in [0.15, 0.2) is 0 Å². The van der Waals surface area contributed by atoms with Crippen LogP contribution in [0.15, 0.2) is 0 Å². The van der Waals surface area contributed by atoms with Gasteiger partial charge in [0, 0.05) is 5.92 Å². The summed E-state index contributed by atoms with van der Waals surface area (Å²) in [5.41, 5.74) is -0.126. The summed E-state index contributed by atoms with van der Waals surface area (Å²) in [6, 6.07) is 0. The molecular weight excluding hydrogens is 190 g/mol. The number of hydrogen-bond acceptors (Lipinski definition) is 2. The maximum Gasteiger partial charge on any atom is 0.228 e. The minimum absolute atomic E-state index is 0.0481. The average molecular weight is 211 g/mol. The molecule has 0 aromatic heterocycles. The number of hydrogen-bond donors (Lipinski definition) is 0. The molecule has 2 aliphatic rings. The third-order valence-electron chi connectivity index (χ3n) is 3.64. The van der Waals surface area contributed by atoms with Gasteiger partial charge in [-0.25, -0.2) is 0 Å². The Bertz CT molecular complexity index is 256. The van der Waals surface area contributed by atoms with Gasteiger partial charge in [0.25, 0.3) is 0 Å². The fourth-order valence-corrected chi connectivity index (χ4v) is 2.81. The van der Waals surface area contributed by atoms with Crippen LogP contribution >= 0.6 is 0 Å². The maximum atomic E-state index is 12.3. The van der Waals surface area contributed by atoms with Crippen molar-refractivity contribution in [3.8, 4) is 0 Å². The Kier molecular flexibility index (Phi) is 2.75. The molecule has 0 bridgehead atoms. The molecule has 2 fully saturated rings. The molecule has 0 aromatic carbocycles. The Morgan fingerprint density at radius 3 is 2.40 bits per heavy atom. The number of carbonyl (C=O) groups excluding carboxylic acids is 1. The van der Waals surface area contributed by atoms with E-state index in [1.54, 1.807) is 0 Å². The first-order valence-corrected chi connectivity index (χ1v) is 5.97. The van der Waals surface area contributed by atoms with Gasteiger partial charge in [0.05, 0.1) is 12.1 Å². The van der Waals surface area contributed by atoms with E-state index >= 15 is 0 Å². The molecule has 1 saturated carbocycles. The number of amides is 1. The van der Waals surface area contributed by atoms with Crippen LogP contribution in [0.25, 0.3) is 0 Å². The SMILES string of the molecule is CC1OCC(C)(C)N1C(=O)C1CCCC1. The Morgan fingerprint density at radius 2 is 1.93 bits per heavy atom. The molecule has 1 unspecified atom stereocenters. The molecule has 0 N–H and O–H groups in total. The van der Waals surface area contributed by atoms with E-state index < -0.39 is 0 Å². The van der Waals surface area contributed by atoms with Gasteiger partial charge in [-0.3, -0.25) is 4.79 Å². The molecule has 1 heterocycles. The summed E-state index contributed by atoms with van der Waals surface area (Å²) in [5, 5.41) is 0. The van der Waals surface area contributed by atoms with Crippen LogP contribution in [0.3, 0.4) is 0 Å². The van der Waals surface area contributed by atoms with E-state index in [1.165, 1.54) is 12.8 Å². The number of ether oxygens (including phenoxy) is 1. The Labute approximate surface area is 91.8 Å². The highest BCUT2D eigenvalue weighted by atomic mass is 16.5. The first-order valence-electron chi connectivity index (χ1n) is 5.97.